The lowest BCUT2D eigenvalue weighted by atomic mass is 9.87. The Morgan fingerprint density at radius 1 is 1.06 bits per heavy atom. The Kier molecular flexibility index (Phi) is 1.63. The topological polar surface area (TPSA) is 60.2 Å². The molecule has 1 heterocycles. The number of fused-ring (bicyclic) bond motifs is 2. The van der Waals surface area contributed by atoms with Gasteiger partial charge in [-0.15, -0.1) is 0 Å². The standard InChI is InChI=1S/C12H7NO3/c1-6-9-10(13-16-6)12(15)8-5-3-2-4-7(8)11(9)14/h2-5H,1H3. The number of benzene rings is 1. The van der Waals surface area contributed by atoms with E-state index in [4.69, 9.17) is 4.52 Å². The van der Waals surface area contributed by atoms with Crippen molar-refractivity contribution in [1.29, 1.82) is 0 Å². The number of nitrogens with zero attached hydrogens (tertiary/aromatic N) is 1. The number of ketones is 2. The van der Waals surface area contributed by atoms with Crippen molar-refractivity contribution in [3.63, 3.8) is 0 Å². The van der Waals surface area contributed by atoms with Crippen LogP contribution in [0.4, 0.5) is 0 Å². The quantitative estimate of drug-likeness (QED) is 0.570. The molecule has 0 saturated carbocycles. The summed E-state index contributed by atoms with van der Waals surface area (Å²) >= 11 is 0. The van der Waals surface area contributed by atoms with Crippen LogP contribution >= 0.6 is 0 Å². The molecular formula is C12H7NO3. The van der Waals surface area contributed by atoms with Gasteiger partial charge >= 0.3 is 0 Å². The van der Waals surface area contributed by atoms with Crippen LogP contribution < -0.4 is 0 Å². The number of aromatic nitrogens is 1. The molecule has 0 atom stereocenters. The highest BCUT2D eigenvalue weighted by atomic mass is 16.5. The van der Waals surface area contributed by atoms with Crippen molar-refractivity contribution in [3.8, 4) is 0 Å². The first-order valence-electron chi connectivity index (χ1n) is 4.85. The highest BCUT2D eigenvalue weighted by Gasteiger charge is 2.34. The van der Waals surface area contributed by atoms with Gasteiger partial charge in [0.2, 0.25) is 5.78 Å². The zero-order valence-corrected chi connectivity index (χ0v) is 8.48. The molecule has 1 aliphatic carbocycles. The minimum atomic E-state index is -0.248. The van der Waals surface area contributed by atoms with Crippen molar-refractivity contribution in [1.82, 2.24) is 5.16 Å². The predicted molar refractivity (Wildman–Crippen MR) is 54.5 cm³/mol. The zero-order valence-electron chi connectivity index (χ0n) is 8.48. The fourth-order valence-corrected chi connectivity index (χ4v) is 1.94. The van der Waals surface area contributed by atoms with Crippen LogP contribution in [0.2, 0.25) is 0 Å². The summed E-state index contributed by atoms with van der Waals surface area (Å²) < 4.78 is 4.90. The molecule has 0 unspecified atom stereocenters. The second-order valence-electron chi connectivity index (χ2n) is 3.67. The van der Waals surface area contributed by atoms with Crippen LogP contribution in [-0.2, 0) is 0 Å². The average Bonchev–Trinajstić information content (AvgIpc) is 2.69. The highest BCUT2D eigenvalue weighted by Crippen LogP contribution is 2.28. The number of hydrogen-bond donors (Lipinski definition) is 0. The maximum Gasteiger partial charge on any atom is 0.216 e. The number of carbonyl (C=O) groups excluding carboxylic acids is 2. The van der Waals surface area contributed by atoms with E-state index in [0.29, 0.717) is 22.5 Å². The van der Waals surface area contributed by atoms with Gasteiger partial charge < -0.3 is 4.52 Å². The minimum Gasteiger partial charge on any atom is -0.360 e. The Hall–Kier alpha value is -2.23. The Balaban J connectivity index is 2.36. The molecule has 2 aromatic rings. The number of rotatable bonds is 0. The normalized spacial score (nSPS) is 13.6. The predicted octanol–water partition coefficient (Wildman–Crippen LogP) is 1.76. The zero-order chi connectivity index (χ0) is 11.3. The Labute approximate surface area is 90.9 Å². The lowest BCUT2D eigenvalue weighted by molar-refractivity contribution is 0.0976. The van der Waals surface area contributed by atoms with Gasteiger partial charge in [-0.1, -0.05) is 29.4 Å². The van der Waals surface area contributed by atoms with Crippen molar-refractivity contribution in [2.45, 2.75) is 6.92 Å². The van der Waals surface area contributed by atoms with E-state index in [1.54, 1.807) is 31.2 Å². The highest BCUT2D eigenvalue weighted by molar-refractivity contribution is 6.27. The summed E-state index contributed by atoms with van der Waals surface area (Å²) in [6, 6.07) is 6.73. The monoisotopic (exact) mass is 213 g/mol. The van der Waals surface area contributed by atoms with Crippen molar-refractivity contribution >= 4 is 11.6 Å². The first-order chi connectivity index (χ1) is 7.70. The molecular weight excluding hydrogens is 206 g/mol. The molecule has 0 bridgehead atoms. The lowest BCUT2D eigenvalue weighted by Gasteiger charge is -2.11. The van der Waals surface area contributed by atoms with Gasteiger partial charge in [0.1, 0.15) is 5.76 Å². The maximum absolute atomic E-state index is 12.1. The fourth-order valence-electron chi connectivity index (χ4n) is 1.94. The molecule has 78 valence electrons. The summed E-state index contributed by atoms with van der Waals surface area (Å²) in [6.07, 6.45) is 0. The summed E-state index contributed by atoms with van der Waals surface area (Å²) in [5.74, 6) is -0.0474. The third-order valence-corrected chi connectivity index (χ3v) is 2.72. The fraction of sp³-hybridized carbons (Fsp3) is 0.0833. The van der Waals surface area contributed by atoms with Crippen LogP contribution in [0.25, 0.3) is 0 Å². The van der Waals surface area contributed by atoms with Gasteiger partial charge in [-0.05, 0) is 6.92 Å². The van der Waals surface area contributed by atoms with Crippen LogP contribution in [0, 0.1) is 6.92 Å². The molecule has 0 fully saturated rings. The molecule has 0 radical (unpaired) electrons. The molecule has 0 N–H and O–H groups in total. The molecule has 1 aromatic carbocycles. The van der Waals surface area contributed by atoms with Gasteiger partial charge in [0.25, 0.3) is 0 Å². The number of aryl methyl sites for hydroxylation is 1. The molecule has 16 heavy (non-hydrogen) atoms. The number of carbonyl (C=O) groups is 2. The minimum absolute atomic E-state index is 0.126. The van der Waals surface area contributed by atoms with E-state index < -0.39 is 0 Å². The van der Waals surface area contributed by atoms with Gasteiger partial charge in [-0.3, -0.25) is 9.59 Å². The van der Waals surface area contributed by atoms with Crippen LogP contribution in [0.5, 0.6) is 0 Å². The second-order valence-corrected chi connectivity index (χ2v) is 3.67. The third kappa shape index (κ3) is 0.957. The second kappa shape index (κ2) is 2.88. The summed E-state index contributed by atoms with van der Waals surface area (Å²) in [5, 5.41) is 3.64. The third-order valence-electron chi connectivity index (χ3n) is 2.72. The summed E-state index contributed by atoms with van der Waals surface area (Å²) in [7, 11) is 0. The van der Waals surface area contributed by atoms with E-state index >= 15 is 0 Å². The first-order valence-corrected chi connectivity index (χ1v) is 4.85. The summed E-state index contributed by atoms with van der Waals surface area (Å²) in [6.45, 7) is 1.63. The van der Waals surface area contributed by atoms with E-state index in [1.165, 1.54) is 0 Å². The molecule has 3 rings (SSSR count). The molecule has 0 saturated heterocycles. The van der Waals surface area contributed by atoms with E-state index in [-0.39, 0.29) is 17.3 Å². The van der Waals surface area contributed by atoms with E-state index in [1.807, 2.05) is 0 Å². The van der Waals surface area contributed by atoms with Crippen molar-refractivity contribution < 1.29 is 14.1 Å². The molecule has 0 aliphatic heterocycles. The van der Waals surface area contributed by atoms with Crippen molar-refractivity contribution in [2.75, 3.05) is 0 Å². The first kappa shape index (κ1) is 9.03. The van der Waals surface area contributed by atoms with Crippen molar-refractivity contribution in [3.05, 3.63) is 52.4 Å². The summed E-state index contributed by atoms with van der Waals surface area (Å²) in [5.41, 5.74) is 1.24. The van der Waals surface area contributed by atoms with Gasteiger partial charge in [-0.2, -0.15) is 0 Å². The smallest absolute Gasteiger partial charge is 0.216 e. The van der Waals surface area contributed by atoms with Crippen LogP contribution in [0.1, 0.15) is 37.7 Å². The van der Waals surface area contributed by atoms with Crippen LogP contribution in [-0.4, -0.2) is 16.7 Å². The molecule has 4 heteroatoms. The molecule has 0 amide bonds. The molecule has 4 nitrogen and oxygen atoms in total. The Bertz CT molecular complexity index is 625. The van der Waals surface area contributed by atoms with E-state index in [0.717, 1.165) is 0 Å². The maximum atomic E-state index is 12.1. The van der Waals surface area contributed by atoms with Crippen LogP contribution in [0.15, 0.2) is 28.8 Å². The van der Waals surface area contributed by atoms with E-state index in [2.05, 4.69) is 5.16 Å². The van der Waals surface area contributed by atoms with Gasteiger partial charge in [0, 0.05) is 11.1 Å². The van der Waals surface area contributed by atoms with E-state index in [9.17, 15) is 9.59 Å². The molecule has 1 aliphatic rings. The summed E-state index contributed by atoms with van der Waals surface area (Å²) in [4.78, 5) is 24.1. The largest absolute Gasteiger partial charge is 0.360 e. The van der Waals surface area contributed by atoms with Gasteiger partial charge in [0.15, 0.2) is 11.5 Å². The molecule has 1 aromatic heterocycles. The lowest BCUT2D eigenvalue weighted by Crippen LogP contribution is -2.20. The number of hydrogen-bond acceptors (Lipinski definition) is 4. The van der Waals surface area contributed by atoms with Gasteiger partial charge in [-0.25, -0.2) is 0 Å². The Morgan fingerprint density at radius 2 is 1.69 bits per heavy atom. The Morgan fingerprint density at radius 3 is 2.38 bits per heavy atom. The molecule has 0 spiro atoms. The van der Waals surface area contributed by atoms with Crippen LogP contribution in [0.3, 0.4) is 0 Å². The van der Waals surface area contributed by atoms with Crippen molar-refractivity contribution in [2.24, 2.45) is 0 Å². The van der Waals surface area contributed by atoms with Gasteiger partial charge in [0.05, 0.1) is 5.56 Å². The SMILES string of the molecule is Cc1onc2c1C(=O)c1ccccc1C2=O. The average molecular weight is 213 g/mol.